The number of rotatable bonds is 5. The summed E-state index contributed by atoms with van der Waals surface area (Å²) in [5, 5.41) is 9.14. The van der Waals surface area contributed by atoms with Gasteiger partial charge in [-0.3, -0.25) is 0 Å². The third-order valence-corrected chi connectivity index (χ3v) is 3.84. The van der Waals surface area contributed by atoms with Crippen molar-refractivity contribution in [2.75, 3.05) is 19.1 Å². The number of aliphatic hydroxyl groups is 1. The van der Waals surface area contributed by atoms with Crippen molar-refractivity contribution in [2.45, 2.75) is 13.2 Å². The molecule has 106 valence electrons. The smallest absolute Gasteiger partial charge is 0.123 e. The minimum Gasteiger partial charge on any atom is -0.496 e. The van der Waals surface area contributed by atoms with E-state index in [1.54, 1.807) is 7.11 Å². The Morgan fingerprint density at radius 1 is 1.20 bits per heavy atom. The first kappa shape index (κ1) is 14.9. The Labute approximate surface area is 127 Å². The zero-order chi connectivity index (χ0) is 14.5. The van der Waals surface area contributed by atoms with E-state index in [-0.39, 0.29) is 6.61 Å². The molecular weight excluding hydrogens is 318 g/mol. The molecule has 20 heavy (non-hydrogen) atoms. The lowest BCUT2D eigenvalue weighted by molar-refractivity contribution is 0.282. The molecular formula is C16H18BrNO2. The van der Waals surface area contributed by atoms with Crippen molar-refractivity contribution in [3.05, 3.63) is 58.1 Å². The highest BCUT2D eigenvalue weighted by atomic mass is 79.9. The van der Waals surface area contributed by atoms with Crippen LogP contribution in [-0.4, -0.2) is 19.3 Å². The van der Waals surface area contributed by atoms with E-state index >= 15 is 0 Å². The molecule has 0 aliphatic carbocycles. The van der Waals surface area contributed by atoms with E-state index < -0.39 is 0 Å². The summed E-state index contributed by atoms with van der Waals surface area (Å²) < 4.78 is 6.35. The second-order valence-corrected chi connectivity index (χ2v) is 5.47. The van der Waals surface area contributed by atoms with Gasteiger partial charge in [0.2, 0.25) is 0 Å². The van der Waals surface area contributed by atoms with Gasteiger partial charge in [-0.2, -0.15) is 0 Å². The topological polar surface area (TPSA) is 32.7 Å². The van der Waals surface area contributed by atoms with E-state index in [2.05, 4.69) is 26.9 Å². The third-order valence-electron chi connectivity index (χ3n) is 3.21. The van der Waals surface area contributed by atoms with Crippen molar-refractivity contribution in [1.82, 2.24) is 0 Å². The second kappa shape index (κ2) is 6.77. The number of aliphatic hydroxyl groups excluding tert-OH is 1. The number of hydrogen-bond donors (Lipinski definition) is 1. The molecule has 1 N–H and O–H groups in total. The van der Waals surface area contributed by atoms with Crippen LogP contribution in [0.3, 0.4) is 0 Å². The maximum atomic E-state index is 9.14. The van der Waals surface area contributed by atoms with Gasteiger partial charge < -0.3 is 14.7 Å². The molecule has 2 aromatic rings. The predicted octanol–water partition coefficient (Wildman–Crippen LogP) is 3.59. The van der Waals surface area contributed by atoms with Crippen LogP contribution in [0.5, 0.6) is 5.75 Å². The number of benzene rings is 2. The summed E-state index contributed by atoms with van der Waals surface area (Å²) in [6, 6.07) is 13.9. The van der Waals surface area contributed by atoms with Gasteiger partial charge >= 0.3 is 0 Å². The molecule has 2 rings (SSSR count). The Balaban J connectivity index is 2.21. The van der Waals surface area contributed by atoms with Gasteiger partial charge in [0, 0.05) is 23.6 Å². The zero-order valence-corrected chi connectivity index (χ0v) is 13.2. The number of anilines is 1. The lowest BCUT2D eigenvalue weighted by Crippen LogP contribution is -2.17. The summed E-state index contributed by atoms with van der Waals surface area (Å²) in [7, 11) is 3.72. The van der Waals surface area contributed by atoms with Crippen LogP contribution in [0.25, 0.3) is 0 Å². The normalized spacial score (nSPS) is 10.4. The highest BCUT2D eigenvalue weighted by Crippen LogP contribution is 2.29. The molecule has 0 bridgehead atoms. The largest absolute Gasteiger partial charge is 0.496 e. The highest BCUT2D eigenvalue weighted by molar-refractivity contribution is 9.10. The monoisotopic (exact) mass is 335 g/mol. The summed E-state index contributed by atoms with van der Waals surface area (Å²) in [4.78, 5) is 2.14. The minimum absolute atomic E-state index is 0.0507. The first-order chi connectivity index (χ1) is 9.65. The molecule has 4 heteroatoms. The Morgan fingerprint density at radius 3 is 2.60 bits per heavy atom. The molecule has 0 unspecified atom stereocenters. The van der Waals surface area contributed by atoms with Gasteiger partial charge in [0.05, 0.1) is 19.4 Å². The van der Waals surface area contributed by atoms with Crippen molar-refractivity contribution >= 4 is 21.6 Å². The van der Waals surface area contributed by atoms with Gasteiger partial charge in [0.25, 0.3) is 0 Å². The van der Waals surface area contributed by atoms with Gasteiger partial charge in [-0.1, -0.05) is 24.3 Å². The lowest BCUT2D eigenvalue weighted by Gasteiger charge is -2.22. The van der Waals surface area contributed by atoms with Crippen LogP contribution >= 0.6 is 15.9 Å². The number of para-hydroxylation sites is 1. The minimum atomic E-state index is 0.0507. The SMILES string of the molecule is COc1ccccc1CN(C)c1ccc(CO)cc1Br. The Kier molecular flexibility index (Phi) is 5.04. The van der Waals surface area contributed by atoms with Crippen molar-refractivity contribution in [2.24, 2.45) is 0 Å². The summed E-state index contributed by atoms with van der Waals surface area (Å²) in [5.41, 5.74) is 3.11. The molecule has 2 aromatic carbocycles. The van der Waals surface area contributed by atoms with Crippen LogP contribution in [0.2, 0.25) is 0 Å². The molecule has 0 saturated carbocycles. The fourth-order valence-corrected chi connectivity index (χ4v) is 2.86. The van der Waals surface area contributed by atoms with Gasteiger partial charge in [-0.05, 0) is 39.7 Å². The lowest BCUT2D eigenvalue weighted by atomic mass is 10.1. The number of halogens is 1. The van der Waals surface area contributed by atoms with Crippen LogP contribution in [-0.2, 0) is 13.2 Å². The molecule has 0 atom stereocenters. The van der Waals surface area contributed by atoms with Crippen LogP contribution in [0, 0.1) is 0 Å². The van der Waals surface area contributed by atoms with E-state index in [0.29, 0.717) is 0 Å². The van der Waals surface area contributed by atoms with Gasteiger partial charge in [-0.25, -0.2) is 0 Å². The van der Waals surface area contributed by atoms with Gasteiger partial charge in [-0.15, -0.1) is 0 Å². The number of methoxy groups -OCH3 is 1. The van der Waals surface area contributed by atoms with Crippen LogP contribution in [0.1, 0.15) is 11.1 Å². The fourth-order valence-electron chi connectivity index (χ4n) is 2.13. The van der Waals surface area contributed by atoms with E-state index in [1.807, 2.05) is 43.4 Å². The van der Waals surface area contributed by atoms with E-state index in [0.717, 1.165) is 33.6 Å². The highest BCUT2D eigenvalue weighted by Gasteiger charge is 2.09. The molecule has 0 heterocycles. The van der Waals surface area contributed by atoms with Gasteiger partial charge in [0.15, 0.2) is 0 Å². The molecule has 0 spiro atoms. The van der Waals surface area contributed by atoms with Crippen molar-refractivity contribution < 1.29 is 9.84 Å². The molecule has 0 saturated heterocycles. The summed E-state index contributed by atoms with van der Waals surface area (Å²) in [6.45, 7) is 0.802. The van der Waals surface area contributed by atoms with Crippen molar-refractivity contribution in [3.63, 3.8) is 0 Å². The number of hydrogen-bond acceptors (Lipinski definition) is 3. The van der Waals surface area contributed by atoms with Crippen molar-refractivity contribution in [1.29, 1.82) is 0 Å². The molecule has 0 aliphatic heterocycles. The molecule has 3 nitrogen and oxygen atoms in total. The number of nitrogens with zero attached hydrogens (tertiary/aromatic N) is 1. The third kappa shape index (κ3) is 3.32. The van der Waals surface area contributed by atoms with Crippen LogP contribution < -0.4 is 9.64 Å². The first-order valence-corrected chi connectivity index (χ1v) is 7.17. The average Bonchev–Trinajstić information content (AvgIpc) is 2.47. The summed E-state index contributed by atoms with van der Waals surface area (Å²) in [5.74, 6) is 0.891. The maximum absolute atomic E-state index is 9.14. The van der Waals surface area contributed by atoms with E-state index in [4.69, 9.17) is 9.84 Å². The molecule has 0 aliphatic rings. The molecule has 0 amide bonds. The zero-order valence-electron chi connectivity index (χ0n) is 11.6. The number of ether oxygens (including phenoxy) is 1. The average molecular weight is 336 g/mol. The Bertz CT molecular complexity index is 586. The molecule has 0 fully saturated rings. The first-order valence-electron chi connectivity index (χ1n) is 6.38. The predicted molar refractivity (Wildman–Crippen MR) is 85.2 cm³/mol. The Hall–Kier alpha value is -1.52. The fraction of sp³-hybridized carbons (Fsp3) is 0.250. The van der Waals surface area contributed by atoms with E-state index in [1.165, 1.54) is 0 Å². The Morgan fingerprint density at radius 2 is 1.95 bits per heavy atom. The van der Waals surface area contributed by atoms with Crippen molar-refractivity contribution in [3.8, 4) is 5.75 Å². The van der Waals surface area contributed by atoms with Gasteiger partial charge in [0.1, 0.15) is 5.75 Å². The summed E-state index contributed by atoms with van der Waals surface area (Å²) in [6.07, 6.45) is 0. The van der Waals surface area contributed by atoms with Crippen LogP contribution in [0.15, 0.2) is 46.9 Å². The standard InChI is InChI=1S/C16H18BrNO2/c1-18(10-13-5-3-4-6-16(13)20-2)15-8-7-12(11-19)9-14(15)17/h3-9,19H,10-11H2,1-2H3. The van der Waals surface area contributed by atoms with Crippen LogP contribution in [0.4, 0.5) is 5.69 Å². The second-order valence-electron chi connectivity index (χ2n) is 4.61. The summed E-state index contributed by atoms with van der Waals surface area (Å²) >= 11 is 3.55. The van der Waals surface area contributed by atoms with E-state index in [9.17, 15) is 0 Å². The maximum Gasteiger partial charge on any atom is 0.123 e. The quantitative estimate of drug-likeness (QED) is 0.906. The molecule has 0 radical (unpaired) electrons. The molecule has 0 aromatic heterocycles.